The molecule has 2 N–H and O–H groups in total. The van der Waals surface area contributed by atoms with Crippen molar-refractivity contribution in [1.82, 2.24) is 0 Å². The topological polar surface area (TPSA) is 26.0 Å². The lowest BCUT2D eigenvalue weighted by Gasteiger charge is -2.15. The number of thioether (sulfide) groups is 1. The van der Waals surface area contributed by atoms with Crippen molar-refractivity contribution in [2.24, 2.45) is 5.73 Å². The van der Waals surface area contributed by atoms with E-state index in [1.54, 1.807) is 11.8 Å². The van der Waals surface area contributed by atoms with Gasteiger partial charge in [-0.25, -0.2) is 0 Å². The Hall–Kier alpha value is 0.01000. The highest BCUT2D eigenvalue weighted by atomic mass is 79.9. The maximum absolute atomic E-state index is 5.80. The second-order valence-corrected chi connectivity index (χ2v) is 5.39. The van der Waals surface area contributed by atoms with Crippen LogP contribution in [0.15, 0.2) is 33.6 Å². The molecule has 0 saturated heterocycles. The van der Waals surface area contributed by atoms with Crippen LogP contribution in [0.1, 0.15) is 13.8 Å². The molecule has 2 unspecified atom stereocenters. The Morgan fingerprint density at radius 2 is 1.92 bits per heavy atom. The van der Waals surface area contributed by atoms with Crippen LogP contribution in [0.4, 0.5) is 0 Å². The molecule has 1 aromatic rings. The number of halogens is 1. The Labute approximate surface area is 92.2 Å². The maximum atomic E-state index is 5.80. The number of rotatable bonds is 3. The van der Waals surface area contributed by atoms with Gasteiger partial charge in [-0.15, -0.1) is 11.8 Å². The largest absolute Gasteiger partial charge is 0.327 e. The van der Waals surface area contributed by atoms with Gasteiger partial charge in [-0.05, 0) is 35.0 Å². The molecule has 0 radical (unpaired) electrons. The normalized spacial score (nSPS) is 15.4. The van der Waals surface area contributed by atoms with Crippen molar-refractivity contribution in [2.45, 2.75) is 30.0 Å². The average molecular weight is 260 g/mol. The van der Waals surface area contributed by atoms with E-state index in [0.29, 0.717) is 5.25 Å². The summed E-state index contributed by atoms with van der Waals surface area (Å²) in [5.74, 6) is 0. The van der Waals surface area contributed by atoms with Crippen LogP contribution in [0.5, 0.6) is 0 Å². The predicted molar refractivity (Wildman–Crippen MR) is 63.1 cm³/mol. The van der Waals surface area contributed by atoms with Crippen molar-refractivity contribution in [3.63, 3.8) is 0 Å². The molecule has 0 aliphatic rings. The minimum absolute atomic E-state index is 0.220. The summed E-state index contributed by atoms with van der Waals surface area (Å²) in [5, 5.41) is 0.443. The third-order valence-electron chi connectivity index (χ3n) is 1.89. The Bertz CT molecular complexity index is 275. The molecule has 0 heterocycles. The molecule has 0 spiro atoms. The monoisotopic (exact) mass is 259 g/mol. The van der Waals surface area contributed by atoms with E-state index in [1.165, 1.54) is 4.90 Å². The van der Waals surface area contributed by atoms with E-state index in [4.69, 9.17) is 5.73 Å². The number of nitrogens with two attached hydrogens (primary N) is 1. The molecule has 1 nitrogen and oxygen atoms in total. The van der Waals surface area contributed by atoms with Gasteiger partial charge in [0.1, 0.15) is 0 Å². The average Bonchev–Trinajstić information content (AvgIpc) is 2.08. The van der Waals surface area contributed by atoms with E-state index in [0.717, 1.165) is 4.47 Å². The van der Waals surface area contributed by atoms with E-state index in [2.05, 4.69) is 35.0 Å². The molecule has 3 heteroatoms. The molecule has 0 fully saturated rings. The van der Waals surface area contributed by atoms with Crippen molar-refractivity contribution >= 4 is 27.7 Å². The molecule has 0 bridgehead atoms. The highest BCUT2D eigenvalue weighted by Crippen LogP contribution is 2.30. The van der Waals surface area contributed by atoms with E-state index >= 15 is 0 Å². The molecule has 0 amide bonds. The molecule has 2 atom stereocenters. The van der Waals surface area contributed by atoms with E-state index in [-0.39, 0.29) is 6.04 Å². The zero-order valence-corrected chi connectivity index (χ0v) is 10.2. The van der Waals surface area contributed by atoms with Gasteiger partial charge in [0.2, 0.25) is 0 Å². The summed E-state index contributed by atoms with van der Waals surface area (Å²) < 4.78 is 1.15. The molecular formula is C10H14BrNS. The van der Waals surface area contributed by atoms with Gasteiger partial charge in [0, 0.05) is 20.7 Å². The van der Waals surface area contributed by atoms with Crippen molar-refractivity contribution in [3.05, 3.63) is 28.7 Å². The summed E-state index contributed by atoms with van der Waals surface area (Å²) in [6, 6.07) is 8.44. The van der Waals surface area contributed by atoms with Crippen LogP contribution in [0.3, 0.4) is 0 Å². The minimum atomic E-state index is 0.220. The second kappa shape index (κ2) is 5.03. The summed E-state index contributed by atoms with van der Waals surface area (Å²) >= 11 is 5.32. The molecular weight excluding hydrogens is 246 g/mol. The van der Waals surface area contributed by atoms with Crippen LogP contribution < -0.4 is 5.73 Å². The zero-order chi connectivity index (χ0) is 9.84. The maximum Gasteiger partial charge on any atom is 0.0311 e. The van der Waals surface area contributed by atoms with Crippen molar-refractivity contribution in [3.8, 4) is 0 Å². The molecule has 0 saturated carbocycles. The summed E-state index contributed by atoms with van der Waals surface area (Å²) in [7, 11) is 0. The van der Waals surface area contributed by atoms with Crippen molar-refractivity contribution in [2.75, 3.05) is 0 Å². The molecule has 0 aromatic heterocycles. The third-order valence-corrected chi connectivity index (χ3v) is 4.25. The van der Waals surface area contributed by atoms with Gasteiger partial charge in [-0.2, -0.15) is 0 Å². The van der Waals surface area contributed by atoms with Gasteiger partial charge in [0.15, 0.2) is 0 Å². The third kappa shape index (κ3) is 3.33. The molecule has 0 aliphatic carbocycles. The lowest BCUT2D eigenvalue weighted by atomic mass is 10.3. The summed E-state index contributed by atoms with van der Waals surface area (Å²) in [4.78, 5) is 1.26. The van der Waals surface area contributed by atoms with Crippen LogP contribution in [0.2, 0.25) is 0 Å². The van der Waals surface area contributed by atoms with Crippen LogP contribution in [0, 0.1) is 0 Å². The molecule has 72 valence electrons. The molecule has 0 aliphatic heterocycles. The van der Waals surface area contributed by atoms with Crippen LogP contribution >= 0.6 is 27.7 Å². The zero-order valence-electron chi connectivity index (χ0n) is 7.83. The van der Waals surface area contributed by atoms with E-state index in [1.807, 2.05) is 19.1 Å². The standard InChI is InChI=1S/C10H14BrNS/c1-7(12)8(2)13-10-6-4-3-5-9(10)11/h3-8H,12H2,1-2H3. The molecule has 13 heavy (non-hydrogen) atoms. The Morgan fingerprint density at radius 3 is 2.46 bits per heavy atom. The van der Waals surface area contributed by atoms with Gasteiger partial charge in [0.25, 0.3) is 0 Å². The van der Waals surface area contributed by atoms with E-state index < -0.39 is 0 Å². The highest BCUT2D eigenvalue weighted by Gasteiger charge is 2.10. The van der Waals surface area contributed by atoms with Crippen LogP contribution in [0.25, 0.3) is 0 Å². The Balaban J connectivity index is 2.69. The fourth-order valence-corrected chi connectivity index (χ4v) is 2.37. The van der Waals surface area contributed by atoms with Crippen LogP contribution in [-0.2, 0) is 0 Å². The lowest BCUT2D eigenvalue weighted by Crippen LogP contribution is -2.26. The SMILES string of the molecule is CC(N)C(C)Sc1ccccc1Br. The summed E-state index contributed by atoms with van der Waals surface area (Å²) in [6.45, 7) is 4.18. The van der Waals surface area contributed by atoms with Crippen LogP contribution in [-0.4, -0.2) is 11.3 Å². The lowest BCUT2D eigenvalue weighted by molar-refractivity contribution is 0.731. The first-order valence-electron chi connectivity index (χ1n) is 4.28. The van der Waals surface area contributed by atoms with Gasteiger partial charge in [-0.1, -0.05) is 19.1 Å². The van der Waals surface area contributed by atoms with Crippen molar-refractivity contribution < 1.29 is 0 Å². The molecule has 1 rings (SSSR count). The van der Waals surface area contributed by atoms with E-state index in [9.17, 15) is 0 Å². The first-order valence-corrected chi connectivity index (χ1v) is 5.95. The highest BCUT2D eigenvalue weighted by molar-refractivity contribution is 9.10. The Morgan fingerprint density at radius 1 is 1.31 bits per heavy atom. The number of hydrogen-bond acceptors (Lipinski definition) is 2. The number of hydrogen-bond donors (Lipinski definition) is 1. The van der Waals surface area contributed by atoms with Gasteiger partial charge < -0.3 is 5.73 Å². The Kier molecular flexibility index (Phi) is 4.29. The summed E-state index contributed by atoms with van der Waals surface area (Å²) in [5.41, 5.74) is 5.80. The fraction of sp³-hybridized carbons (Fsp3) is 0.400. The first-order chi connectivity index (χ1) is 6.11. The smallest absolute Gasteiger partial charge is 0.0311 e. The quantitative estimate of drug-likeness (QED) is 0.844. The van der Waals surface area contributed by atoms with Crippen molar-refractivity contribution in [1.29, 1.82) is 0 Å². The fourth-order valence-electron chi connectivity index (χ4n) is 0.848. The van der Waals surface area contributed by atoms with Gasteiger partial charge in [-0.3, -0.25) is 0 Å². The first kappa shape index (κ1) is 11.1. The molecule has 1 aromatic carbocycles. The predicted octanol–water partition coefficient (Wildman–Crippen LogP) is 3.28. The second-order valence-electron chi connectivity index (χ2n) is 3.11. The van der Waals surface area contributed by atoms with Gasteiger partial charge >= 0.3 is 0 Å². The number of benzene rings is 1. The minimum Gasteiger partial charge on any atom is -0.327 e. The summed E-state index contributed by atoms with van der Waals surface area (Å²) in [6.07, 6.45) is 0. The van der Waals surface area contributed by atoms with Gasteiger partial charge in [0.05, 0.1) is 0 Å².